The van der Waals surface area contributed by atoms with Gasteiger partial charge in [0.05, 0.1) is 18.7 Å². The zero-order valence-corrected chi connectivity index (χ0v) is 17.2. The number of nitrogens with one attached hydrogen (secondary N) is 1. The summed E-state index contributed by atoms with van der Waals surface area (Å²) in [7, 11) is 0. The van der Waals surface area contributed by atoms with E-state index in [1.54, 1.807) is 17.2 Å². The van der Waals surface area contributed by atoms with Crippen LogP contribution in [0.2, 0.25) is 0 Å². The van der Waals surface area contributed by atoms with E-state index in [0.717, 1.165) is 47.7 Å². The number of aromatic nitrogens is 1. The Balaban J connectivity index is 1.58. The SMILES string of the molecule is O=CN1CCOC(c2cnc(Nc3cccc(C(F)(F)F)c3)c3cccc(C4CC4)c23)C1. The van der Waals surface area contributed by atoms with Crippen LogP contribution < -0.4 is 5.32 Å². The van der Waals surface area contributed by atoms with E-state index >= 15 is 0 Å². The molecule has 0 spiro atoms. The molecule has 0 bridgehead atoms. The van der Waals surface area contributed by atoms with Gasteiger partial charge in [-0.25, -0.2) is 4.98 Å². The Hall–Kier alpha value is -3.13. The van der Waals surface area contributed by atoms with Crippen molar-refractivity contribution in [2.75, 3.05) is 25.0 Å². The highest BCUT2D eigenvalue weighted by molar-refractivity contribution is 5.98. The largest absolute Gasteiger partial charge is 0.416 e. The standard InChI is InChI=1S/C24H22F3N3O2/c25-24(26,27)16-3-1-4-17(11-16)29-23-19-6-2-5-18(15-7-8-15)22(19)20(12-28-23)21-13-30(14-31)9-10-32-21/h1-6,11-12,14-15,21H,7-10,13H2,(H,28,29). The third-order valence-corrected chi connectivity index (χ3v) is 6.04. The zero-order chi connectivity index (χ0) is 22.3. The van der Waals surface area contributed by atoms with Crippen LogP contribution in [0.3, 0.4) is 0 Å². The van der Waals surface area contributed by atoms with Crippen LogP contribution >= 0.6 is 0 Å². The molecule has 1 aliphatic heterocycles. The second-order valence-electron chi connectivity index (χ2n) is 8.27. The van der Waals surface area contributed by atoms with E-state index in [9.17, 15) is 18.0 Å². The summed E-state index contributed by atoms with van der Waals surface area (Å²) in [5.41, 5.74) is 1.70. The lowest BCUT2D eigenvalue weighted by molar-refractivity contribution is -0.137. The van der Waals surface area contributed by atoms with E-state index in [0.29, 0.717) is 37.1 Å². The Labute approximate surface area is 183 Å². The molecule has 2 heterocycles. The number of hydrogen-bond donors (Lipinski definition) is 1. The quantitative estimate of drug-likeness (QED) is 0.539. The van der Waals surface area contributed by atoms with E-state index < -0.39 is 11.7 Å². The number of ether oxygens (including phenoxy) is 1. The van der Waals surface area contributed by atoms with Crippen molar-refractivity contribution in [2.24, 2.45) is 0 Å². The van der Waals surface area contributed by atoms with E-state index in [1.807, 2.05) is 12.1 Å². The molecule has 2 aromatic carbocycles. The maximum Gasteiger partial charge on any atom is 0.416 e. The van der Waals surface area contributed by atoms with Crippen molar-refractivity contribution in [1.29, 1.82) is 0 Å². The van der Waals surface area contributed by atoms with Gasteiger partial charge >= 0.3 is 6.18 Å². The topological polar surface area (TPSA) is 54.5 Å². The Morgan fingerprint density at radius 3 is 2.69 bits per heavy atom. The number of morpholine rings is 1. The number of pyridine rings is 1. The number of benzene rings is 2. The predicted molar refractivity (Wildman–Crippen MR) is 115 cm³/mol. The summed E-state index contributed by atoms with van der Waals surface area (Å²) in [4.78, 5) is 17.6. The van der Waals surface area contributed by atoms with E-state index in [1.165, 1.54) is 11.6 Å². The van der Waals surface area contributed by atoms with Gasteiger partial charge in [-0.1, -0.05) is 24.3 Å². The molecule has 1 amide bonds. The summed E-state index contributed by atoms with van der Waals surface area (Å²) in [6.07, 6.45) is 0.0388. The number of hydrogen-bond acceptors (Lipinski definition) is 4. The molecule has 1 saturated heterocycles. The number of rotatable bonds is 5. The van der Waals surface area contributed by atoms with Gasteiger partial charge in [-0.05, 0) is 47.9 Å². The molecule has 5 rings (SSSR count). The highest BCUT2D eigenvalue weighted by Gasteiger charge is 2.32. The minimum absolute atomic E-state index is 0.300. The van der Waals surface area contributed by atoms with Gasteiger partial charge in [0, 0.05) is 29.4 Å². The van der Waals surface area contributed by atoms with Crippen molar-refractivity contribution in [1.82, 2.24) is 9.88 Å². The molecule has 1 aliphatic carbocycles. The maximum absolute atomic E-state index is 13.1. The van der Waals surface area contributed by atoms with Crippen molar-refractivity contribution < 1.29 is 22.7 Å². The van der Waals surface area contributed by atoms with Crippen molar-refractivity contribution in [3.63, 3.8) is 0 Å². The van der Waals surface area contributed by atoms with Gasteiger partial charge in [0.15, 0.2) is 0 Å². The van der Waals surface area contributed by atoms with E-state index in [2.05, 4.69) is 16.4 Å². The molecule has 3 aromatic rings. The normalized spacial score (nSPS) is 19.2. The first-order valence-corrected chi connectivity index (χ1v) is 10.6. The van der Waals surface area contributed by atoms with Crippen LogP contribution in [0, 0.1) is 0 Å². The summed E-state index contributed by atoms with van der Waals surface area (Å²) in [5, 5.41) is 4.92. The number of halogens is 3. The zero-order valence-electron chi connectivity index (χ0n) is 17.2. The molecular weight excluding hydrogens is 419 g/mol. The minimum atomic E-state index is -4.42. The molecule has 8 heteroatoms. The number of amides is 1. The van der Waals surface area contributed by atoms with Gasteiger partial charge in [0.1, 0.15) is 11.9 Å². The first-order valence-electron chi connectivity index (χ1n) is 10.6. The molecule has 1 N–H and O–H groups in total. The first-order chi connectivity index (χ1) is 15.4. The number of anilines is 2. The fraction of sp³-hybridized carbons (Fsp3) is 0.333. The summed E-state index contributed by atoms with van der Waals surface area (Å²) in [6, 6.07) is 11.1. The summed E-state index contributed by atoms with van der Waals surface area (Å²) in [5.74, 6) is 0.945. The highest BCUT2D eigenvalue weighted by atomic mass is 19.4. The summed E-state index contributed by atoms with van der Waals surface area (Å²) in [6.45, 7) is 1.44. The van der Waals surface area contributed by atoms with Crippen molar-refractivity contribution in [3.05, 3.63) is 65.4 Å². The third kappa shape index (κ3) is 4.02. The fourth-order valence-electron chi connectivity index (χ4n) is 4.30. The summed E-state index contributed by atoms with van der Waals surface area (Å²) >= 11 is 0. The molecule has 1 aromatic heterocycles. The smallest absolute Gasteiger partial charge is 0.370 e. The predicted octanol–water partition coefficient (Wildman–Crippen LogP) is 5.40. The van der Waals surface area contributed by atoms with Gasteiger partial charge in [0.25, 0.3) is 0 Å². The molecule has 2 fully saturated rings. The lowest BCUT2D eigenvalue weighted by Crippen LogP contribution is -2.37. The Morgan fingerprint density at radius 1 is 1.12 bits per heavy atom. The summed E-state index contributed by atoms with van der Waals surface area (Å²) < 4.78 is 45.4. The van der Waals surface area contributed by atoms with Crippen LogP contribution in [0.5, 0.6) is 0 Å². The molecule has 1 unspecified atom stereocenters. The second kappa shape index (κ2) is 8.09. The van der Waals surface area contributed by atoms with Crippen molar-refractivity contribution in [2.45, 2.75) is 31.0 Å². The number of fused-ring (bicyclic) bond motifs is 1. The Bertz CT molecular complexity index is 1160. The van der Waals surface area contributed by atoms with E-state index in [-0.39, 0.29) is 6.10 Å². The Kier molecular flexibility index (Phi) is 5.25. The minimum Gasteiger partial charge on any atom is -0.370 e. The number of alkyl halides is 3. The van der Waals surface area contributed by atoms with Crippen LogP contribution in [0.25, 0.3) is 10.8 Å². The molecule has 166 valence electrons. The lowest BCUT2D eigenvalue weighted by atomic mass is 9.94. The van der Waals surface area contributed by atoms with Crippen molar-refractivity contribution >= 4 is 28.7 Å². The molecular formula is C24H22F3N3O2. The maximum atomic E-state index is 13.1. The monoisotopic (exact) mass is 441 g/mol. The second-order valence-corrected chi connectivity index (χ2v) is 8.27. The molecule has 0 radical (unpaired) electrons. The molecule has 32 heavy (non-hydrogen) atoms. The van der Waals surface area contributed by atoms with Crippen LogP contribution in [0.15, 0.2) is 48.7 Å². The Morgan fingerprint density at radius 2 is 1.94 bits per heavy atom. The molecule has 1 saturated carbocycles. The van der Waals surface area contributed by atoms with Gasteiger partial charge in [-0.15, -0.1) is 0 Å². The molecule has 2 aliphatic rings. The van der Waals surface area contributed by atoms with Gasteiger partial charge in [0.2, 0.25) is 6.41 Å². The average Bonchev–Trinajstić information content (AvgIpc) is 3.64. The van der Waals surface area contributed by atoms with Gasteiger partial charge < -0.3 is 15.0 Å². The fourth-order valence-corrected chi connectivity index (χ4v) is 4.30. The van der Waals surface area contributed by atoms with E-state index in [4.69, 9.17) is 4.74 Å². The third-order valence-electron chi connectivity index (χ3n) is 6.04. The molecule has 5 nitrogen and oxygen atoms in total. The van der Waals surface area contributed by atoms with Crippen molar-refractivity contribution in [3.8, 4) is 0 Å². The lowest BCUT2D eigenvalue weighted by Gasteiger charge is -2.31. The van der Waals surface area contributed by atoms with Crippen LogP contribution in [-0.4, -0.2) is 36.0 Å². The van der Waals surface area contributed by atoms with Crippen LogP contribution in [0.1, 0.15) is 41.6 Å². The first kappa shape index (κ1) is 20.8. The average molecular weight is 441 g/mol. The van der Waals surface area contributed by atoms with Crippen LogP contribution in [-0.2, 0) is 15.7 Å². The number of carbonyl (C=O) groups is 1. The van der Waals surface area contributed by atoms with Gasteiger partial charge in [-0.2, -0.15) is 13.2 Å². The van der Waals surface area contributed by atoms with Gasteiger partial charge in [-0.3, -0.25) is 4.79 Å². The van der Waals surface area contributed by atoms with Crippen LogP contribution in [0.4, 0.5) is 24.7 Å². The number of nitrogens with zero attached hydrogens (tertiary/aromatic N) is 2. The highest BCUT2D eigenvalue weighted by Crippen LogP contribution is 2.46. The number of carbonyl (C=O) groups excluding carboxylic acids is 1. The molecule has 1 atom stereocenters.